The fourth-order valence-corrected chi connectivity index (χ4v) is 2.75. The first-order valence-electron chi connectivity index (χ1n) is 7.93. The van der Waals surface area contributed by atoms with Crippen molar-refractivity contribution >= 4 is 11.6 Å². The van der Waals surface area contributed by atoms with Crippen molar-refractivity contribution in [3.05, 3.63) is 58.6 Å². The summed E-state index contributed by atoms with van der Waals surface area (Å²) < 4.78 is 11.1. The largest absolute Gasteiger partial charge is 0.496 e. The van der Waals surface area contributed by atoms with E-state index in [9.17, 15) is 0 Å². The highest BCUT2D eigenvalue weighted by molar-refractivity contribution is 6.30. The van der Waals surface area contributed by atoms with Crippen molar-refractivity contribution in [3.63, 3.8) is 0 Å². The summed E-state index contributed by atoms with van der Waals surface area (Å²) in [5, 5.41) is 0.697. The molecule has 23 heavy (non-hydrogen) atoms. The van der Waals surface area contributed by atoms with Gasteiger partial charge in [-0.25, -0.2) is 0 Å². The highest BCUT2D eigenvalue weighted by atomic mass is 35.5. The summed E-state index contributed by atoms with van der Waals surface area (Å²) in [6, 6.07) is 13.9. The topological polar surface area (TPSA) is 44.5 Å². The Kier molecular flexibility index (Phi) is 6.75. The lowest BCUT2D eigenvalue weighted by Gasteiger charge is -2.19. The fourth-order valence-electron chi connectivity index (χ4n) is 2.57. The third kappa shape index (κ3) is 4.88. The van der Waals surface area contributed by atoms with Gasteiger partial charge in [-0.2, -0.15) is 0 Å². The van der Waals surface area contributed by atoms with Crippen LogP contribution in [0.15, 0.2) is 42.5 Å². The Morgan fingerprint density at radius 1 is 1.13 bits per heavy atom. The summed E-state index contributed by atoms with van der Waals surface area (Å²) in [5.41, 5.74) is 8.26. The quantitative estimate of drug-likeness (QED) is 0.777. The predicted molar refractivity (Wildman–Crippen MR) is 95.7 cm³/mol. The summed E-state index contributed by atoms with van der Waals surface area (Å²) in [4.78, 5) is 0. The molecule has 1 atom stereocenters. The maximum absolute atomic E-state index is 6.13. The molecular weight excluding hydrogens is 310 g/mol. The third-order valence-electron chi connectivity index (χ3n) is 3.79. The number of ether oxygens (including phenoxy) is 2. The molecule has 0 heterocycles. The first kappa shape index (κ1) is 17.6. The lowest BCUT2D eigenvalue weighted by atomic mass is 9.91. The van der Waals surface area contributed by atoms with Gasteiger partial charge in [-0.1, -0.05) is 30.7 Å². The van der Waals surface area contributed by atoms with Gasteiger partial charge in [0.1, 0.15) is 11.5 Å². The Morgan fingerprint density at radius 2 is 1.87 bits per heavy atom. The molecule has 0 aliphatic rings. The zero-order valence-corrected chi connectivity index (χ0v) is 14.5. The summed E-state index contributed by atoms with van der Waals surface area (Å²) in [6.07, 6.45) is 1.84. The number of nitrogens with two attached hydrogens (primary N) is 1. The van der Waals surface area contributed by atoms with E-state index in [4.69, 9.17) is 26.8 Å². The van der Waals surface area contributed by atoms with Gasteiger partial charge in [-0.3, -0.25) is 0 Å². The molecule has 0 amide bonds. The van der Waals surface area contributed by atoms with E-state index in [-0.39, 0.29) is 5.92 Å². The molecule has 2 N–H and O–H groups in total. The van der Waals surface area contributed by atoms with Gasteiger partial charge >= 0.3 is 0 Å². The van der Waals surface area contributed by atoms with Crippen molar-refractivity contribution in [2.75, 3.05) is 20.3 Å². The van der Waals surface area contributed by atoms with Gasteiger partial charge in [0.25, 0.3) is 0 Å². The zero-order chi connectivity index (χ0) is 16.7. The van der Waals surface area contributed by atoms with Crippen molar-refractivity contribution < 1.29 is 9.47 Å². The predicted octanol–water partition coefficient (Wildman–Crippen LogP) is 4.42. The second kappa shape index (κ2) is 8.80. The molecule has 0 spiro atoms. The Balaban J connectivity index is 2.14. The second-order valence-electron chi connectivity index (χ2n) is 5.52. The molecule has 0 fully saturated rings. The molecule has 0 aliphatic carbocycles. The number of methoxy groups -OCH3 is 1. The van der Waals surface area contributed by atoms with E-state index in [1.165, 1.54) is 5.56 Å². The highest BCUT2D eigenvalue weighted by Crippen LogP contribution is 2.31. The Morgan fingerprint density at radius 3 is 2.48 bits per heavy atom. The van der Waals surface area contributed by atoms with Crippen LogP contribution in [0.25, 0.3) is 0 Å². The van der Waals surface area contributed by atoms with E-state index in [0.717, 1.165) is 36.5 Å². The van der Waals surface area contributed by atoms with Crippen molar-refractivity contribution in [2.24, 2.45) is 5.73 Å². The highest BCUT2D eigenvalue weighted by Gasteiger charge is 2.16. The molecular formula is C19H24ClNO2. The van der Waals surface area contributed by atoms with Gasteiger partial charge in [-0.05, 0) is 55.3 Å². The van der Waals surface area contributed by atoms with Gasteiger partial charge in [0.2, 0.25) is 0 Å². The lowest BCUT2D eigenvalue weighted by molar-refractivity contribution is 0.317. The number of halogens is 1. The molecule has 3 nitrogen and oxygen atoms in total. The van der Waals surface area contributed by atoms with Gasteiger partial charge < -0.3 is 15.2 Å². The van der Waals surface area contributed by atoms with Crippen LogP contribution >= 0.6 is 11.6 Å². The number of benzene rings is 2. The Labute approximate surface area is 143 Å². The maximum atomic E-state index is 6.13. The summed E-state index contributed by atoms with van der Waals surface area (Å²) >= 11 is 6.13. The molecule has 0 aromatic heterocycles. The molecule has 124 valence electrons. The van der Waals surface area contributed by atoms with Crippen molar-refractivity contribution in [3.8, 4) is 11.5 Å². The van der Waals surface area contributed by atoms with Crippen LogP contribution in [-0.2, 0) is 6.42 Å². The normalized spacial score (nSPS) is 12.0. The standard InChI is InChI=1S/C19H24ClNO2/c1-3-10-23-17-7-4-14(5-8-17)11-15(13-21)18-12-16(20)6-9-19(18)22-2/h4-9,12,15H,3,10-11,13,21H2,1-2H3. The maximum Gasteiger partial charge on any atom is 0.122 e. The van der Waals surface area contributed by atoms with Crippen molar-refractivity contribution in [2.45, 2.75) is 25.7 Å². The minimum Gasteiger partial charge on any atom is -0.496 e. The van der Waals surface area contributed by atoms with Crippen molar-refractivity contribution in [1.82, 2.24) is 0 Å². The SMILES string of the molecule is CCCOc1ccc(CC(CN)c2cc(Cl)ccc2OC)cc1. The zero-order valence-electron chi connectivity index (χ0n) is 13.7. The van der Waals surface area contributed by atoms with Gasteiger partial charge in [0.15, 0.2) is 0 Å². The number of hydrogen-bond donors (Lipinski definition) is 1. The lowest BCUT2D eigenvalue weighted by Crippen LogP contribution is -2.16. The van der Waals surface area contributed by atoms with Crippen LogP contribution in [0.4, 0.5) is 0 Å². The van der Waals surface area contributed by atoms with E-state index in [2.05, 4.69) is 19.1 Å². The van der Waals surface area contributed by atoms with Gasteiger partial charge in [-0.15, -0.1) is 0 Å². The minimum absolute atomic E-state index is 0.158. The summed E-state index contributed by atoms with van der Waals surface area (Å²) in [7, 11) is 1.67. The first-order chi connectivity index (χ1) is 11.2. The third-order valence-corrected chi connectivity index (χ3v) is 4.03. The Hall–Kier alpha value is -1.71. The van der Waals surface area contributed by atoms with E-state index in [1.807, 2.05) is 30.3 Å². The number of hydrogen-bond acceptors (Lipinski definition) is 3. The Bertz CT molecular complexity index is 613. The molecule has 2 aromatic rings. The molecule has 0 saturated heterocycles. The minimum atomic E-state index is 0.158. The van der Waals surface area contributed by atoms with E-state index >= 15 is 0 Å². The van der Waals surface area contributed by atoms with E-state index < -0.39 is 0 Å². The smallest absolute Gasteiger partial charge is 0.122 e. The molecule has 0 saturated carbocycles. The van der Waals surface area contributed by atoms with E-state index in [0.29, 0.717) is 11.6 Å². The van der Waals surface area contributed by atoms with Crippen LogP contribution in [0.3, 0.4) is 0 Å². The molecule has 0 aliphatic heterocycles. The first-order valence-corrected chi connectivity index (χ1v) is 8.31. The molecule has 2 aromatic carbocycles. The van der Waals surface area contributed by atoms with Crippen LogP contribution in [0.5, 0.6) is 11.5 Å². The van der Waals surface area contributed by atoms with Crippen LogP contribution < -0.4 is 15.2 Å². The second-order valence-corrected chi connectivity index (χ2v) is 5.95. The van der Waals surface area contributed by atoms with Crippen molar-refractivity contribution in [1.29, 1.82) is 0 Å². The van der Waals surface area contributed by atoms with Crippen LogP contribution in [0.1, 0.15) is 30.4 Å². The summed E-state index contributed by atoms with van der Waals surface area (Å²) in [5.74, 6) is 1.89. The molecule has 4 heteroatoms. The summed E-state index contributed by atoms with van der Waals surface area (Å²) in [6.45, 7) is 3.37. The molecule has 0 bridgehead atoms. The van der Waals surface area contributed by atoms with E-state index in [1.54, 1.807) is 7.11 Å². The van der Waals surface area contributed by atoms with Gasteiger partial charge in [0.05, 0.1) is 13.7 Å². The van der Waals surface area contributed by atoms with Crippen LogP contribution in [0.2, 0.25) is 5.02 Å². The van der Waals surface area contributed by atoms with Crippen LogP contribution in [-0.4, -0.2) is 20.3 Å². The average molecular weight is 334 g/mol. The van der Waals surface area contributed by atoms with Gasteiger partial charge in [0, 0.05) is 16.5 Å². The molecule has 1 unspecified atom stereocenters. The number of rotatable bonds is 8. The molecule has 0 radical (unpaired) electrons. The van der Waals surface area contributed by atoms with Crippen LogP contribution in [0, 0.1) is 0 Å². The fraction of sp³-hybridized carbons (Fsp3) is 0.368. The monoisotopic (exact) mass is 333 g/mol. The average Bonchev–Trinajstić information content (AvgIpc) is 2.59. The molecule has 2 rings (SSSR count).